The smallest absolute Gasteiger partial charge is 0.323 e. The van der Waals surface area contributed by atoms with Gasteiger partial charge in [0.25, 0.3) is 0 Å². The second-order valence-electron chi connectivity index (χ2n) is 6.31. The average Bonchev–Trinajstić information content (AvgIpc) is 2.86. The van der Waals surface area contributed by atoms with Gasteiger partial charge in [0.2, 0.25) is 0 Å². The molecule has 1 aromatic carbocycles. The van der Waals surface area contributed by atoms with Crippen molar-refractivity contribution in [2.75, 3.05) is 0 Å². The van der Waals surface area contributed by atoms with Crippen LogP contribution in [0.25, 0.3) is 10.9 Å². The number of carbonyl (C=O) groups is 1. The highest BCUT2D eigenvalue weighted by Gasteiger charge is 2.33. The Labute approximate surface area is 131 Å². The largest absolute Gasteiger partial charge is 0.462 e. The molecule has 0 fully saturated rings. The summed E-state index contributed by atoms with van der Waals surface area (Å²) in [5.41, 5.74) is 3.64. The molecule has 2 N–H and O–H groups in total. The number of aromatic amines is 1. The van der Waals surface area contributed by atoms with Gasteiger partial charge in [-0.1, -0.05) is 31.5 Å². The summed E-state index contributed by atoms with van der Waals surface area (Å²) >= 11 is 0. The van der Waals surface area contributed by atoms with Crippen LogP contribution in [-0.4, -0.2) is 23.1 Å². The Morgan fingerprint density at radius 1 is 1.36 bits per heavy atom. The number of ether oxygens (including phenoxy) is 1. The van der Waals surface area contributed by atoms with Crippen molar-refractivity contribution in [1.29, 1.82) is 0 Å². The van der Waals surface area contributed by atoms with E-state index in [2.05, 4.69) is 35.4 Å². The van der Waals surface area contributed by atoms with E-state index < -0.39 is 0 Å². The zero-order valence-corrected chi connectivity index (χ0v) is 13.5. The fraction of sp³-hybridized carbons (Fsp3) is 0.500. The minimum atomic E-state index is -0.259. The number of rotatable bonds is 4. The molecule has 1 aliphatic rings. The summed E-state index contributed by atoms with van der Waals surface area (Å²) in [6.07, 6.45) is 2.68. The van der Waals surface area contributed by atoms with Crippen LogP contribution in [0.2, 0.25) is 0 Å². The Balaban J connectivity index is 1.97. The van der Waals surface area contributed by atoms with Gasteiger partial charge in [-0.05, 0) is 31.9 Å². The summed E-state index contributed by atoms with van der Waals surface area (Å²) in [7, 11) is 0. The van der Waals surface area contributed by atoms with Gasteiger partial charge in [0.1, 0.15) is 6.04 Å². The monoisotopic (exact) mass is 300 g/mol. The van der Waals surface area contributed by atoms with Gasteiger partial charge in [-0.25, -0.2) is 0 Å². The van der Waals surface area contributed by atoms with Gasteiger partial charge in [-0.2, -0.15) is 0 Å². The van der Waals surface area contributed by atoms with Crippen molar-refractivity contribution in [2.45, 2.75) is 58.2 Å². The molecule has 4 nitrogen and oxygen atoms in total. The summed E-state index contributed by atoms with van der Waals surface area (Å²) in [5, 5.41) is 4.70. The summed E-state index contributed by atoms with van der Waals surface area (Å²) < 4.78 is 5.41. The van der Waals surface area contributed by atoms with Crippen molar-refractivity contribution < 1.29 is 9.53 Å². The number of H-pyrrole nitrogens is 1. The SMILES string of the molecule is CCC[C@@H]1N[C@H](C(=O)OC(C)C)Cc2c1[nH]c1ccccc21. The second kappa shape index (κ2) is 6.13. The Hall–Kier alpha value is -1.81. The van der Waals surface area contributed by atoms with Crippen LogP contribution in [0, 0.1) is 0 Å². The maximum atomic E-state index is 12.3. The molecule has 0 saturated carbocycles. The lowest BCUT2D eigenvalue weighted by Crippen LogP contribution is -2.46. The molecule has 118 valence electrons. The van der Waals surface area contributed by atoms with Crippen molar-refractivity contribution in [1.82, 2.24) is 10.3 Å². The molecule has 1 aliphatic heterocycles. The molecule has 0 radical (unpaired) electrons. The van der Waals surface area contributed by atoms with E-state index >= 15 is 0 Å². The number of esters is 1. The predicted molar refractivity (Wildman–Crippen MR) is 87.8 cm³/mol. The zero-order chi connectivity index (χ0) is 15.7. The van der Waals surface area contributed by atoms with E-state index in [4.69, 9.17) is 4.74 Å². The molecule has 4 heteroatoms. The predicted octanol–water partition coefficient (Wildman–Crippen LogP) is 3.48. The molecule has 0 aliphatic carbocycles. The van der Waals surface area contributed by atoms with E-state index in [0.717, 1.165) is 18.4 Å². The molecule has 1 aromatic heterocycles. The molecule has 2 atom stereocenters. The number of benzene rings is 1. The van der Waals surface area contributed by atoms with Crippen LogP contribution in [0.5, 0.6) is 0 Å². The van der Waals surface area contributed by atoms with Crippen LogP contribution < -0.4 is 5.32 Å². The number of hydrogen-bond acceptors (Lipinski definition) is 3. The number of carbonyl (C=O) groups excluding carboxylic acids is 1. The lowest BCUT2D eigenvalue weighted by molar-refractivity contribution is -0.150. The molecule has 0 unspecified atom stereocenters. The van der Waals surface area contributed by atoms with Gasteiger partial charge in [0, 0.05) is 29.1 Å². The summed E-state index contributed by atoms with van der Waals surface area (Å²) in [6, 6.07) is 8.24. The number of nitrogens with one attached hydrogen (secondary N) is 2. The van der Waals surface area contributed by atoms with Crippen molar-refractivity contribution in [3.05, 3.63) is 35.5 Å². The van der Waals surface area contributed by atoms with Crippen LogP contribution in [0.15, 0.2) is 24.3 Å². The first-order chi connectivity index (χ1) is 10.6. The van der Waals surface area contributed by atoms with Crippen molar-refractivity contribution >= 4 is 16.9 Å². The highest BCUT2D eigenvalue weighted by atomic mass is 16.5. The first-order valence-corrected chi connectivity index (χ1v) is 8.16. The third-order valence-electron chi connectivity index (χ3n) is 4.22. The first-order valence-electron chi connectivity index (χ1n) is 8.16. The molecule has 0 saturated heterocycles. The van der Waals surface area contributed by atoms with Crippen molar-refractivity contribution in [2.24, 2.45) is 0 Å². The number of hydrogen-bond donors (Lipinski definition) is 2. The standard InChI is InChI=1S/C18H24N2O2/c1-4-7-15-17-13(12-8-5-6-9-14(12)20-17)10-16(19-15)18(21)22-11(2)3/h5-6,8-9,11,15-16,19-20H,4,7,10H2,1-3H3/t15-,16-/m0/s1. The van der Waals surface area contributed by atoms with Crippen LogP contribution in [-0.2, 0) is 16.0 Å². The van der Waals surface area contributed by atoms with Crippen molar-refractivity contribution in [3.63, 3.8) is 0 Å². The third kappa shape index (κ3) is 2.75. The molecule has 2 aromatic rings. The van der Waals surface area contributed by atoms with Gasteiger partial charge >= 0.3 is 5.97 Å². The van der Waals surface area contributed by atoms with Gasteiger partial charge in [0.05, 0.1) is 6.10 Å². The Kier molecular flexibility index (Phi) is 4.21. The van der Waals surface area contributed by atoms with E-state index in [9.17, 15) is 4.79 Å². The average molecular weight is 300 g/mol. The van der Waals surface area contributed by atoms with Crippen LogP contribution >= 0.6 is 0 Å². The maximum Gasteiger partial charge on any atom is 0.323 e. The van der Waals surface area contributed by atoms with Crippen LogP contribution in [0.1, 0.15) is 50.9 Å². The van der Waals surface area contributed by atoms with Gasteiger partial charge in [-0.15, -0.1) is 0 Å². The highest BCUT2D eigenvalue weighted by Crippen LogP contribution is 2.34. The number of fused-ring (bicyclic) bond motifs is 3. The minimum Gasteiger partial charge on any atom is -0.462 e. The summed E-state index contributed by atoms with van der Waals surface area (Å²) in [6.45, 7) is 5.95. The quantitative estimate of drug-likeness (QED) is 0.850. The van der Waals surface area contributed by atoms with E-state index in [1.807, 2.05) is 19.9 Å². The lowest BCUT2D eigenvalue weighted by Gasteiger charge is -2.30. The lowest BCUT2D eigenvalue weighted by atomic mass is 9.92. The molecule has 22 heavy (non-hydrogen) atoms. The first kappa shape index (κ1) is 15.1. The molecule has 0 amide bonds. The molecule has 0 spiro atoms. The summed E-state index contributed by atoms with van der Waals surface area (Å²) in [5.74, 6) is -0.146. The molecule has 2 heterocycles. The highest BCUT2D eigenvalue weighted by molar-refractivity contribution is 5.87. The zero-order valence-electron chi connectivity index (χ0n) is 13.5. The molecular weight excluding hydrogens is 276 g/mol. The maximum absolute atomic E-state index is 12.3. The van der Waals surface area contributed by atoms with Crippen molar-refractivity contribution in [3.8, 4) is 0 Å². The number of aromatic nitrogens is 1. The van der Waals surface area contributed by atoms with Crippen LogP contribution in [0.3, 0.4) is 0 Å². The van der Waals surface area contributed by atoms with E-state index in [1.54, 1.807) is 0 Å². The number of para-hydroxylation sites is 1. The van der Waals surface area contributed by atoms with Gasteiger partial charge in [0.15, 0.2) is 0 Å². The van der Waals surface area contributed by atoms with Crippen LogP contribution in [0.4, 0.5) is 0 Å². The van der Waals surface area contributed by atoms with E-state index in [-0.39, 0.29) is 24.2 Å². The van der Waals surface area contributed by atoms with E-state index in [0.29, 0.717) is 6.42 Å². The normalized spacial score (nSPS) is 21.1. The summed E-state index contributed by atoms with van der Waals surface area (Å²) in [4.78, 5) is 15.9. The molecule has 3 rings (SSSR count). The minimum absolute atomic E-state index is 0.0803. The fourth-order valence-corrected chi connectivity index (χ4v) is 3.31. The van der Waals surface area contributed by atoms with Gasteiger partial charge in [-0.3, -0.25) is 10.1 Å². The molecule has 0 bridgehead atoms. The second-order valence-corrected chi connectivity index (χ2v) is 6.31. The third-order valence-corrected chi connectivity index (χ3v) is 4.22. The fourth-order valence-electron chi connectivity index (χ4n) is 3.31. The van der Waals surface area contributed by atoms with Gasteiger partial charge < -0.3 is 9.72 Å². The molecular formula is C18H24N2O2. The Morgan fingerprint density at radius 3 is 2.86 bits per heavy atom. The topological polar surface area (TPSA) is 54.1 Å². The van der Waals surface area contributed by atoms with E-state index in [1.165, 1.54) is 16.6 Å². The Morgan fingerprint density at radius 2 is 2.14 bits per heavy atom. The Bertz CT molecular complexity index is 675.